The van der Waals surface area contributed by atoms with Crippen LogP contribution in [0, 0.1) is 6.92 Å². The monoisotopic (exact) mass is 438 g/mol. The van der Waals surface area contributed by atoms with E-state index >= 15 is 0 Å². The Morgan fingerprint density at radius 2 is 1.83 bits per heavy atom. The van der Waals surface area contributed by atoms with Gasteiger partial charge in [-0.25, -0.2) is 4.99 Å². The van der Waals surface area contributed by atoms with Gasteiger partial charge in [-0.15, -0.1) is 10.2 Å². The van der Waals surface area contributed by atoms with Crippen molar-refractivity contribution in [2.24, 2.45) is 9.98 Å². The Morgan fingerprint density at radius 3 is 2.52 bits per heavy atom. The second kappa shape index (κ2) is 7.29. The first-order chi connectivity index (χ1) is 14.1. The fraction of sp³-hybridized carbons (Fsp3) is 0.150. The summed E-state index contributed by atoms with van der Waals surface area (Å²) < 4.78 is 0. The Morgan fingerprint density at radius 1 is 1.07 bits per heavy atom. The average molecular weight is 439 g/mol. The molecular weight excluding hydrogens is 424 g/mol. The molecule has 144 valence electrons. The predicted octanol–water partition coefficient (Wildman–Crippen LogP) is 4.16. The van der Waals surface area contributed by atoms with Gasteiger partial charge < -0.3 is 5.32 Å². The number of benzene rings is 2. The molecule has 0 saturated carbocycles. The number of nitrogens with one attached hydrogen (secondary N) is 1. The lowest BCUT2D eigenvalue weighted by molar-refractivity contribution is 0.595. The van der Waals surface area contributed by atoms with Crippen molar-refractivity contribution in [2.75, 3.05) is 4.90 Å². The summed E-state index contributed by atoms with van der Waals surface area (Å²) in [6.07, 6.45) is 0. The van der Waals surface area contributed by atoms with Crippen LogP contribution in [0.4, 0.5) is 5.13 Å². The van der Waals surface area contributed by atoms with Crippen LogP contribution in [0.5, 0.6) is 0 Å². The summed E-state index contributed by atoms with van der Waals surface area (Å²) in [5, 5.41) is 14.6. The highest BCUT2D eigenvalue weighted by Crippen LogP contribution is 2.35. The quantitative estimate of drug-likeness (QED) is 0.622. The maximum absolute atomic E-state index is 6.08. The SMILES string of the molecule is Cc1nnc(N2C(c3ccccc3)=N[C@H]3C2=NC(=S)N[C@H]3c2ccc(Cl)cc2)s1. The van der Waals surface area contributed by atoms with Gasteiger partial charge in [-0.05, 0) is 36.8 Å². The van der Waals surface area contributed by atoms with E-state index in [9.17, 15) is 0 Å². The second-order valence-corrected chi connectivity index (χ2v) is 8.63. The van der Waals surface area contributed by atoms with Crippen LogP contribution in [-0.4, -0.2) is 33.0 Å². The van der Waals surface area contributed by atoms with Gasteiger partial charge in [0.2, 0.25) is 5.13 Å². The first kappa shape index (κ1) is 18.4. The first-order valence-electron chi connectivity index (χ1n) is 8.98. The summed E-state index contributed by atoms with van der Waals surface area (Å²) >= 11 is 13.0. The third-order valence-corrected chi connectivity index (χ3v) is 6.03. The molecule has 0 aliphatic carbocycles. The molecule has 0 saturated heterocycles. The lowest BCUT2D eigenvalue weighted by atomic mass is 9.98. The molecule has 0 bridgehead atoms. The van der Waals surface area contributed by atoms with E-state index in [1.165, 1.54) is 11.3 Å². The topological polar surface area (TPSA) is 65.8 Å². The van der Waals surface area contributed by atoms with Crippen molar-refractivity contribution in [1.82, 2.24) is 15.5 Å². The Labute approximate surface area is 182 Å². The number of aryl methyl sites for hydroxylation is 1. The van der Waals surface area contributed by atoms with Gasteiger partial charge in [0, 0.05) is 10.6 Å². The van der Waals surface area contributed by atoms with Crippen molar-refractivity contribution in [2.45, 2.75) is 19.0 Å². The van der Waals surface area contributed by atoms with Crippen LogP contribution in [0.3, 0.4) is 0 Å². The Bertz CT molecular complexity index is 1140. The zero-order valence-electron chi connectivity index (χ0n) is 15.3. The molecule has 3 heterocycles. The Balaban J connectivity index is 1.65. The molecule has 6 nitrogen and oxygen atoms in total. The van der Waals surface area contributed by atoms with Crippen molar-refractivity contribution < 1.29 is 0 Å². The number of fused-ring (bicyclic) bond motifs is 1. The summed E-state index contributed by atoms with van der Waals surface area (Å²) in [5.41, 5.74) is 2.03. The van der Waals surface area contributed by atoms with Crippen LogP contribution in [0.25, 0.3) is 0 Å². The third-order valence-electron chi connectivity index (χ3n) is 4.75. The number of anilines is 1. The average Bonchev–Trinajstić information content (AvgIpc) is 3.32. The lowest BCUT2D eigenvalue weighted by Gasteiger charge is -2.30. The Kier molecular flexibility index (Phi) is 4.61. The maximum Gasteiger partial charge on any atom is 0.219 e. The third kappa shape index (κ3) is 3.33. The molecule has 2 aliphatic rings. The van der Waals surface area contributed by atoms with Gasteiger partial charge in [-0.1, -0.05) is 65.4 Å². The van der Waals surface area contributed by atoms with Gasteiger partial charge in [0.15, 0.2) is 5.11 Å². The van der Waals surface area contributed by atoms with Gasteiger partial charge in [0.05, 0.1) is 6.04 Å². The number of hydrogen-bond donors (Lipinski definition) is 1. The van der Waals surface area contributed by atoms with Crippen molar-refractivity contribution in [3.05, 3.63) is 75.8 Å². The van der Waals surface area contributed by atoms with Gasteiger partial charge in [0.25, 0.3) is 0 Å². The Hall–Kier alpha value is -2.68. The van der Waals surface area contributed by atoms with Crippen molar-refractivity contribution in [3.8, 4) is 0 Å². The van der Waals surface area contributed by atoms with E-state index in [4.69, 9.17) is 28.8 Å². The number of nitrogens with zero attached hydrogens (tertiary/aromatic N) is 5. The fourth-order valence-electron chi connectivity index (χ4n) is 3.47. The summed E-state index contributed by atoms with van der Waals surface area (Å²) in [6.45, 7) is 1.93. The van der Waals surface area contributed by atoms with E-state index in [0.29, 0.717) is 10.1 Å². The van der Waals surface area contributed by atoms with Crippen LogP contribution >= 0.6 is 35.2 Å². The van der Waals surface area contributed by atoms with Gasteiger partial charge in [-0.2, -0.15) is 0 Å². The largest absolute Gasteiger partial charge is 0.351 e. The number of rotatable bonds is 3. The van der Waals surface area contributed by atoms with E-state index in [1.807, 2.05) is 66.4 Å². The molecule has 9 heteroatoms. The highest BCUT2D eigenvalue weighted by Gasteiger charge is 2.43. The molecule has 0 fully saturated rings. The van der Waals surface area contributed by atoms with Crippen molar-refractivity contribution in [3.63, 3.8) is 0 Å². The number of aromatic nitrogens is 2. The molecule has 0 amide bonds. The first-order valence-corrected chi connectivity index (χ1v) is 10.6. The van der Waals surface area contributed by atoms with Crippen LogP contribution < -0.4 is 10.2 Å². The molecule has 3 aromatic rings. The predicted molar refractivity (Wildman–Crippen MR) is 121 cm³/mol. The number of halogens is 1. The van der Waals surface area contributed by atoms with Gasteiger partial charge in [-0.3, -0.25) is 9.89 Å². The maximum atomic E-state index is 6.08. The van der Waals surface area contributed by atoms with E-state index in [-0.39, 0.29) is 12.1 Å². The number of hydrogen-bond acceptors (Lipinski definition) is 6. The molecule has 0 unspecified atom stereocenters. The highest BCUT2D eigenvalue weighted by atomic mass is 35.5. The van der Waals surface area contributed by atoms with Crippen molar-refractivity contribution >= 4 is 57.1 Å². The molecular formula is C20H15ClN6S2. The molecule has 0 spiro atoms. The van der Waals surface area contributed by atoms with E-state index < -0.39 is 0 Å². The van der Waals surface area contributed by atoms with Crippen LogP contribution in [-0.2, 0) is 0 Å². The van der Waals surface area contributed by atoms with E-state index in [1.54, 1.807) is 0 Å². The molecule has 2 aliphatic heterocycles. The smallest absolute Gasteiger partial charge is 0.219 e. The zero-order chi connectivity index (χ0) is 20.0. The molecule has 2 atom stereocenters. The van der Waals surface area contributed by atoms with E-state index in [2.05, 4.69) is 20.5 Å². The normalized spacial score (nSPS) is 20.8. The number of thiocarbonyl (C=S) groups is 1. The molecule has 2 aromatic carbocycles. The second-order valence-electron chi connectivity index (χ2n) is 6.65. The molecule has 5 rings (SSSR count). The summed E-state index contributed by atoms with van der Waals surface area (Å²) in [7, 11) is 0. The highest BCUT2D eigenvalue weighted by molar-refractivity contribution is 7.80. The zero-order valence-corrected chi connectivity index (χ0v) is 17.7. The van der Waals surface area contributed by atoms with Crippen molar-refractivity contribution in [1.29, 1.82) is 0 Å². The number of aliphatic imine (C=N–C) groups is 2. The van der Waals surface area contributed by atoms with Crippen LogP contribution in [0.15, 0.2) is 64.6 Å². The minimum atomic E-state index is -0.248. The summed E-state index contributed by atoms with van der Waals surface area (Å²) in [6, 6.07) is 17.3. The van der Waals surface area contributed by atoms with Crippen LogP contribution in [0.1, 0.15) is 22.2 Å². The van der Waals surface area contributed by atoms with Crippen LogP contribution in [0.2, 0.25) is 5.02 Å². The molecule has 29 heavy (non-hydrogen) atoms. The standard InChI is InChI=1S/C20H15ClN6S2/c1-11-25-26-20(29-11)27-17(13-5-3-2-4-6-13)22-16-15(23-19(28)24-18(16)27)12-7-9-14(21)10-8-12/h2-10,15-16H,1H3,(H,23,28)/t15-,16+/m0/s1. The summed E-state index contributed by atoms with van der Waals surface area (Å²) in [5.74, 6) is 1.54. The minimum Gasteiger partial charge on any atom is -0.351 e. The summed E-state index contributed by atoms with van der Waals surface area (Å²) in [4.78, 5) is 11.7. The van der Waals surface area contributed by atoms with Gasteiger partial charge >= 0.3 is 0 Å². The number of amidine groups is 2. The molecule has 1 N–H and O–H groups in total. The lowest BCUT2D eigenvalue weighted by Crippen LogP contribution is -2.47. The van der Waals surface area contributed by atoms with E-state index in [0.717, 1.165) is 32.9 Å². The fourth-order valence-corrected chi connectivity index (χ4v) is 4.51. The molecule has 1 aromatic heterocycles. The molecule has 0 radical (unpaired) electrons. The minimum absolute atomic E-state index is 0.148. The van der Waals surface area contributed by atoms with Gasteiger partial charge in [0.1, 0.15) is 22.7 Å².